The van der Waals surface area contributed by atoms with Gasteiger partial charge in [-0.3, -0.25) is 0 Å². The molecule has 0 aromatic heterocycles. The molecule has 12 aromatic carbocycles. The third kappa shape index (κ3) is 13.5. The summed E-state index contributed by atoms with van der Waals surface area (Å²) in [5, 5.41) is 10.4. The van der Waals surface area contributed by atoms with E-state index in [0.717, 1.165) is 34.1 Å². The Labute approximate surface area is 442 Å². The van der Waals surface area contributed by atoms with Crippen LogP contribution in [0.25, 0.3) is 66.8 Å². The van der Waals surface area contributed by atoms with Crippen molar-refractivity contribution in [1.82, 2.24) is 0 Å². The standard InChI is InChI=1S/3C24H19N/c1-4-10-19(11-5-1)21-16-17-24(25-22-14-8-3-9-15-22)23(18-21)20-12-6-2-7-13-20;1-3-8-19(9-4-1)21-10-7-11-22(18-21)20-14-16-24(17-15-20)25-23-12-5-2-6-13-23;1-3-7-19(8-4-1)20-11-13-21(14-12-20)22-15-17-24(18-16-22)25-23-9-5-2-6-10-23/h3*1-18,25H. The first-order valence-corrected chi connectivity index (χ1v) is 25.4. The minimum Gasteiger partial charge on any atom is -0.356 e. The molecule has 0 unspecified atom stereocenters. The molecular weight excluding hydrogens is 907 g/mol. The molecule has 0 saturated heterocycles. The lowest BCUT2D eigenvalue weighted by molar-refractivity contribution is 1.52. The van der Waals surface area contributed by atoms with Crippen molar-refractivity contribution in [2.75, 3.05) is 16.0 Å². The van der Waals surface area contributed by atoms with Gasteiger partial charge in [-0.25, -0.2) is 0 Å². The van der Waals surface area contributed by atoms with Crippen molar-refractivity contribution in [3.63, 3.8) is 0 Å². The molecule has 0 radical (unpaired) electrons. The van der Waals surface area contributed by atoms with Crippen molar-refractivity contribution in [3.8, 4) is 66.8 Å². The zero-order chi connectivity index (χ0) is 50.7. The van der Waals surface area contributed by atoms with Gasteiger partial charge in [0.25, 0.3) is 0 Å². The number of rotatable bonds is 12. The van der Waals surface area contributed by atoms with Gasteiger partial charge in [-0.15, -0.1) is 0 Å². The van der Waals surface area contributed by atoms with Crippen molar-refractivity contribution < 1.29 is 0 Å². The number of benzene rings is 12. The fourth-order valence-corrected chi connectivity index (χ4v) is 8.86. The summed E-state index contributed by atoms with van der Waals surface area (Å²) >= 11 is 0. The monoisotopic (exact) mass is 963 g/mol. The van der Waals surface area contributed by atoms with Gasteiger partial charge in [-0.2, -0.15) is 0 Å². The van der Waals surface area contributed by atoms with E-state index < -0.39 is 0 Å². The molecule has 75 heavy (non-hydrogen) atoms. The average molecular weight is 964 g/mol. The second-order valence-electron chi connectivity index (χ2n) is 18.0. The summed E-state index contributed by atoms with van der Waals surface area (Å²) in [6.07, 6.45) is 0. The lowest BCUT2D eigenvalue weighted by atomic mass is 9.97. The van der Waals surface area contributed by atoms with Crippen LogP contribution in [0.2, 0.25) is 0 Å². The fourth-order valence-electron chi connectivity index (χ4n) is 8.86. The van der Waals surface area contributed by atoms with Crippen LogP contribution >= 0.6 is 0 Å². The average Bonchev–Trinajstić information content (AvgIpc) is 3.50. The maximum atomic E-state index is 3.55. The van der Waals surface area contributed by atoms with E-state index in [1.54, 1.807) is 0 Å². The summed E-state index contributed by atoms with van der Waals surface area (Å²) in [5.41, 5.74) is 21.3. The van der Waals surface area contributed by atoms with E-state index in [2.05, 4.69) is 271 Å². The Kier molecular flexibility index (Phi) is 16.2. The molecule has 0 spiro atoms. The van der Waals surface area contributed by atoms with Crippen molar-refractivity contribution >= 4 is 34.1 Å². The van der Waals surface area contributed by atoms with Gasteiger partial charge in [0, 0.05) is 39.7 Å². The quantitative estimate of drug-likeness (QED) is 0.114. The van der Waals surface area contributed by atoms with Crippen LogP contribution in [0.1, 0.15) is 0 Å². The van der Waals surface area contributed by atoms with E-state index in [4.69, 9.17) is 0 Å². The van der Waals surface area contributed by atoms with E-state index in [1.165, 1.54) is 66.8 Å². The van der Waals surface area contributed by atoms with Gasteiger partial charge < -0.3 is 16.0 Å². The highest BCUT2D eigenvalue weighted by Gasteiger charge is 2.09. The smallest absolute Gasteiger partial charge is 0.0464 e. The second kappa shape index (κ2) is 24.9. The highest BCUT2D eigenvalue weighted by atomic mass is 14.9. The number of hydrogen-bond donors (Lipinski definition) is 3. The van der Waals surface area contributed by atoms with Crippen LogP contribution in [0.5, 0.6) is 0 Å². The van der Waals surface area contributed by atoms with E-state index in [9.17, 15) is 0 Å². The molecule has 3 heteroatoms. The maximum absolute atomic E-state index is 3.55. The molecule has 0 atom stereocenters. The molecule has 12 aromatic rings. The van der Waals surface area contributed by atoms with E-state index in [1.807, 2.05) is 72.8 Å². The van der Waals surface area contributed by atoms with Crippen LogP contribution < -0.4 is 16.0 Å². The molecule has 0 aliphatic carbocycles. The second-order valence-corrected chi connectivity index (χ2v) is 18.0. The van der Waals surface area contributed by atoms with E-state index >= 15 is 0 Å². The zero-order valence-corrected chi connectivity index (χ0v) is 41.7. The number of anilines is 6. The Balaban J connectivity index is 0.000000128. The molecule has 0 saturated carbocycles. The number of para-hydroxylation sites is 3. The summed E-state index contributed by atoms with van der Waals surface area (Å²) in [6.45, 7) is 0. The van der Waals surface area contributed by atoms with Gasteiger partial charge in [-0.05, 0) is 140 Å². The summed E-state index contributed by atoms with van der Waals surface area (Å²) in [6, 6.07) is 114. The van der Waals surface area contributed by atoms with Gasteiger partial charge in [0.15, 0.2) is 0 Å². The van der Waals surface area contributed by atoms with Crippen LogP contribution in [-0.2, 0) is 0 Å². The normalized spacial score (nSPS) is 10.4. The van der Waals surface area contributed by atoms with Gasteiger partial charge >= 0.3 is 0 Å². The summed E-state index contributed by atoms with van der Waals surface area (Å²) in [4.78, 5) is 0. The van der Waals surface area contributed by atoms with Crippen LogP contribution in [-0.4, -0.2) is 0 Å². The lowest BCUT2D eigenvalue weighted by Gasteiger charge is -2.14. The Hall–Kier alpha value is -9.96. The Morgan fingerprint density at radius 2 is 0.387 bits per heavy atom. The van der Waals surface area contributed by atoms with E-state index in [-0.39, 0.29) is 0 Å². The zero-order valence-electron chi connectivity index (χ0n) is 41.7. The Morgan fingerprint density at radius 1 is 0.147 bits per heavy atom. The number of nitrogens with one attached hydrogen (secondary N) is 3. The first-order valence-electron chi connectivity index (χ1n) is 25.4. The van der Waals surface area contributed by atoms with Crippen molar-refractivity contribution in [2.45, 2.75) is 0 Å². The molecule has 360 valence electrons. The van der Waals surface area contributed by atoms with Crippen LogP contribution in [0.4, 0.5) is 34.1 Å². The summed E-state index contributed by atoms with van der Waals surface area (Å²) in [7, 11) is 0. The Bertz CT molecular complexity index is 3590. The predicted molar refractivity (Wildman–Crippen MR) is 321 cm³/mol. The number of hydrogen-bond acceptors (Lipinski definition) is 3. The Morgan fingerprint density at radius 3 is 0.773 bits per heavy atom. The first kappa shape index (κ1) is 48.7. The minimum atomic E-state index is 1.09. The molecule has 0 bridgehead atoms. The molecule has 12 rings (SSSR count). The van der Waals surface area contributed by atoms with Crippen LogP contribution in [0, 0.1) is 0 Å². The molecule has 0 fully saturated rings. The highest BCUT2D eigenvalue weighted by molar-refractivity contribution is 5.85. The van der Waals surface area contributed by atoms with Crippen molar-refractivity contribution in [2.24, 2.45) is 0 Å². The summed E-state index contributed by atoms with van der Waals surface area (Å²) in [5.74, 6) is 0. The van der Waals surface area contributed by atoms with Gasteiger partial charge in [0.2, 0.25) is 0 Å². The van der Waals surface area contributed by atoms with Gasteiger partial charge in [-0.1, -0.05) is 249 Å². The molecule has 0 amide bonds. The largest absolute Gasteiger partial charge is 0.356 e. The van der Waals surface area contributed by atoms with E-state index in [0.29, 0.717) is 0 Å². The van der Waals surface area contributed by atoms with Gasteiger partial charge in [0.1, 0.15) is 0 Å². The minimum absolute atomic E-state index is 1.09. The van der Waals surface area contributed by atoms with Crippen LogP contribution in [0.15, 0.2) is 328 Å². The van der Waals surface area contributed by atoms with Crippen molar-refractivity contribution in [3.05, 3.63) is 328 Å². The predicted octanol–water partition coefficient (Wildman–Crippen LogP) is 20.3. The molecule has 3 nitrogen and oxygen atoms in total. The third-order valence-electron chi connectivity index (χ3n) is 12.8. The molecule has 0 heterocycles. The molecule has 0 aliphatic rings. The molecule has 3 N–H and O–H groups in total. The first-order chi connectivity index (χ1) is 37.2. The topological polar surface area (TPSA) is 36.1 Å². The maximum Gasteiger partial charge on any atom is 0.0464 e. The van der Waals surface area contributed by atoms with Gasteiger partial charge in [0.05, 0.1) is 0 Å². The fraction of sp³-hybridized carbons (Fsp3) is 0. The molecule has 0 aliphatic heterocycles. The third-order valence-corrected chi connectivity index (χ3v) is 12.8. The van der Waals surface area contributed by atoms with Crippen LogP contribution in [0.3, 0.4) is 0 Å². The highest BCUT2D eigenvalue weighted by Crippen LogP contribution is 2.35. The summed E-state index contributed by atoms with van der Waals surface area (Å²) < 4.78 is 0. The van der Waals surface area contributed by atoms with Crippen molar-refractivity contribution in [1.29, 1.82) is 0 Å². The molecular formula is C72H57N3. The lowest BCUT2D eigenvalue weighted by Crippen LogP contribution is -1.94. The SMILES string of the molecule is c1ccc(Nc2ccc(-c3ccc(-c4ccccc4)cc3)cc2)cc1.c1ccc(Nc2ccc(-c3cccc(-c4ccccc4)c3)cc2)cc1.c1ccc(Nc2ccc(-c3ccccc3)cc2-c2ccccc2)cc1.